The molecule has 0 radical (unpaired) electrons. The van der Waals surface area contributed by atoms with E-state index in [-0.39, 0.29) is 12.2 Å². The second-order valence-corrected chi connectivity index (χ2v) is 3.47. The molecule has 0 saturated heterocycles. The molecule has 0 spiro atoms. The number of carboxylic acids is 1. The van der Waals surface area contributed by atoms with E-state index in [4.69, 9.17) is 5.11 Å². The summed E-state index contributed by atoms with van der Waals surface area (Å²) in [5, 5.41) is 20.4. The van der Waals surface area contributed by atoms with Crippen molar-refractivity contribution in [2.24, 2.45) is 0 Å². The first-order valence-electron chi connectivity index (χ1n) is 4.77. The quantitative estimate of drug-likeness (QED) is 0.694. The van der Waals surface area contributed by atoms with Crippen LogP contribution in [0.1, 0.15) is 12.5 Å². The third-order valence-electron chi connectivity index (χ3n) is 2.03. The molecule has 0 heterocycles. The number of carbonyl (C=O) groups is 2. The highest BCUT2D eigenvalue weighted by Gasteiger charge is 2.18. The summed E-state index contributed by atoms with van der Waals surface area (Å²) in [6.45, 7) is 1.26. The van der Waals surface area contributed by atoms with Crippen molar-refractivity contribution in [3.05, 3.63) is 29.8 Å². The summed E-state index contributed by atoms with van der Waals surface area (Å²) in [5.74, 6) is -1.42. The molecule has 86 valence electrons. The molecule has 5 heteroatoms. The zero-order valence-corrected chi connectivity index (χ0v) is 8.80. The van der Waals surface area contributed by atoms with Gasteiger partial charge < -0.3 is 15.5 Å². The highest BCUT2D eigenvalue weighted by Crippen LogP contribution is 2.12. The predicted molar refractivity (Wildman–Crippen MR) is 57.1 cm³/mol. The van der Waals surface area contributed by atoms with Crippen LogP contribution in [-0.4, -0.2) is 28.1 Å². The van der Waals surface area contributed by atoms with Gasteiger partial charge in [0.15, 0.2) is 0 Å². The standard InChI is InChI=1S/C11H13NO4/c1-7(13)12-10(11(15)16)6-8-3-2-4-9(14)5-8/h2-5,10,14H,6H2,1H3,(H,12,13)(H,15,16)/t10-/m0/s1. The zero-order chi connectivity index (χ0) is 12.1. The predicted octanol–water partition coefficient (Wildman–Crippen LogP) is 0.524. The molecular weight excluding hydrogens is 210 g/mol. The number of phenols is 1. The summed E-state index contributed by atoms with van der Waals surface area (Å²) >= 11 is 0. The number of carbonyl (C=O) groups excluding carboxylic acids is 1. The van der Waals surface area contributed by atoms with E-state index < -0.39 is 17.9 Å². The van der Waals surface area contributed by atoms with Gasteiger partial charge in [-0.2, -0.15) is 0 Å². The Hall–Kier alpha value is -2.04. The van der Waals surface area contributed by atoms with E-state index in [0.29, 0.717) is 5.56 Å². The molecule has 0 aliphatic rings. The largest absolute Gasteiger partial charge is 0.508 e. The molecule has 0 unspecified atom stereocenters. The minimum absolute atomic E-state index is 0.0736. The fraction of sp³-hybridized carbons (Fsp3) is 0.273. The molecule has 5 nitrogen and oxygen atoms in total. The van der Waals surface area contributed by atoms with Crippen LogP contribution in [0.4, 0.5) is 0 Å². The van der Waals surface area contributed by atoms with Crippen molar-refractivity contribution in [1.29, 1.82) is 0 Å². The van der Waals surface area contributed by atoms with E-state index in [1.54, 1.807) is 12.1 Å². The number of hydrogen-bond acceptors (Lipinski definition) is 3. The Morgan fingerprint density at radius 1 is 1.44 bits per heavy atom. The maximum Gasteiger partial charge on any atom is 0.326 e. The van der Waals surface area contributed by atoms with Gasteiger partial charge in [0.1, 0.15) is 11.8 Å². The normalized spacial score (nSPS) is 11.8. The number of nitrogens with one attached hydrogen (secondary N) is 1. The number of aromatic hydroxyl groups is 1. The number of carboxylic acid groups (broad SMARTS) is 1. The molecule has 1 aromatic rings. The van der Waals surface area contributed by atoms with Gasteiger partial charge in [-0.25, -0.2) is 4.79 Å². The Bertz CT molecular complexity index is 403. The summed E-state index contributed by atoms with van der Waals surface area (Å²) in [4.78, 5) is 21.6. The van der Waals surface area contributed by atoms with Crippen molar-refractivity contribution in [2.45, 2.75) is 19.4 Å². The van der Waals surface area contributed by atoms with Crippen molar-refractivity contribution < 1.29 is 19.8 Å². The van der Waals surface area contributed by atoms with Gasteiger partial charge in [0.25, 0.3) is 0 Å². The lowest BCUT2D eigenvalue weighted by Crippen LogP contribution is -2.41. The topological polar surface area (TPSA) is 86.6 Å². The second kappa shape index (κ2) is 5.16. The minimum Gasteiger partial charge on any atom is -0.508 e. The summed E-state index contributed by atoms with van der Waals surface area (Å²) in [6.07, 6.45) is 0.142. The van der Waals surface area contributed by atoms with E-state index in [1.807, 2.05) is 0 Å². The van der Waals surface area contributed by atoms with Gasteiger partial charge in [-0.15, -0.1) is 0 Å². The first kappa shape index (κ1) is 12.0. The van der Waals surface area contributed by atoms with Gasteiger partial charge in [-0.3, -0.25) is 4.79 Å². The lowest BCUT2D eigenvalue weighted by Gasteiger charge is -2.13. The van der Waals surface area contributed by atoms with Crippen LogP contribution in [0, 0.1) is 0 Å². The molecule has 1 aromatic carbocycles. The smallest absolute Gasteiger partial charge is 0.326 e. The van der Waals surface area contributed by atoms with E-state index in [1.165, 1.54) is 19.1 Å². The molecule has 0 saturated carbocycles. The zero-order valence-electron chi connectivity index (χ0n) is 8.80. The fourth-order valence-electron chi connectivity index (χ4n) is 1.36. The molecule has 3 N–H and O–H groups in total. The van der Waals surface area contributed by atoms with Crippen molar-refractivity contribution in [3.8, 4) is 5.75 Å². The third-order valence-corrected chi connectivity index (χ3v) is 2.03. The van der Waals surface area contributed by atoms with Crippen LogP contribution in [0.25, 0.3) is 0 Å². The maximum absolute atomic E-state index is 10.8. The second-order valence-electron chi connectivity index (χ2n) is 3.47. The van der Waals surface area contributed by atoms with Gasteiger partial charge in [-0.05, 0) is 17.7 Å². The lowest BCUT2D eigenvalue weighted by atomic mass is 10.1. The highest BCUT2D eigenvalue weighted by molar-refractivity contribution is 5.82. The van der Waals surface area contributed by atoms with Crippen LogP contribution in [0.15, 0.2) is 24.3 Å². The molecule has 0 aliphatic heterocycles. The van der Waals surface area contributed by atoms with E-state index in [2.05, 4.69) is 5.32 Å². The van der Waals surface area contributed by atoms with Crippen molar-refractivity contribution in [2.75, 3.05) is 0 Å². The number of aliphatic carboxylic acids is 1. The van der Waals surface area contributed by atoms with Crippen LogP contribution in [-0.2, 0) is 16.0 Å². The van der Waals surface area contributed by atoms with Crippen LogP contribution < -0.4 is 5.32 Å². The Balaban J connectivity index is 2.75. The molecule has 0 aromatic heterocycles. The monoisotopic (exact) mass is 223 g/mol. The van der Waals surface area contributed by atoms with E-state index in [9.17, 15) is 14.7 Å². The van der Waals surface area contributed by atoms with Gasteiger partial charge in [0.05, 0.1) is 0 Å². The number of amides is 1. The molecule has 1 atom stereocenters. The molecule has 0 bridgehead atoms. The third kappa shape index (κ3) is 3.61. The molecule has 1 rings (SSSR count). The number of benzene rings is 1. The van der Waals surface area contributed by atoms with E-state index >= 15 is 0 Å². The highest BCUT2D eigenvalue weighted by atomic mass is 16.4. The van der Waals surface area contributed by atoms with Crippen LogP contribution in [0.3, 0.4) is 0 Å². The summed E-state index contributed by atoms with van der Waals surface area (Å²) < 4.78 is 0. The van der Waals surface area contributed by atoms with Crippen molar-refractivity contribution in [3.63, 3.8) is 0 Å². The summed E-state index contributed by atoms with van der Waals surface area (Å²) in [6, 6.07) is 5.31. The van der Waals surface area contributed by atoms with Crippen LogP contribution >= 0.6 is 0 Å². The molecule has 1 amide bonds. The van der Waals surface area contributed by atoms with Gasteiger partial charge >= 0.3 is 5.97 Å². The maximum atomic E-state index is 10.8. The Labute approximate surface area is 92.7 Å². The van der Waals surface area contributed by atoms with Crippen LogP contribution in [0.2, 0.25) is 0 Å². The fourth-order valence-corrected chi connectivity index (χ4v) is 1.36. The number of hydrogen-bond donors (Lipinski definition) is 3. The van der Waals surface area contributed by atoms with Gasteiger partial charge in [-0.1, -0.05) is 12.1 Å². The van der Waals surface area contributed by atoms with Gasteiger partial charge in [0.2, 0.25) is 5.91 Å². The Kier molecular flexibility index (Phi) is 3.88. The first-order chi connectivity index (χ1) is 7.49. The van der Waals surface area contributed by atoms with E-state index in [0.717, 1.165) is 0 Å². The average molecular weight is 223 g/mol. The molecular formula is C11H13NO4. The minimum atomic E-state index is -1.10. The summed E-state index contributed by atoms with van der Waals surface area (Å²) in [7, 11) is 0. The summed E-state index contributed by atoms with van der Waals surface area (Å²) in [5.41, 5.74) is 0.654. The number of phenolic OH excluding ortho intramolecular Hbond substituents is 1. The molecule has 16 heavy (non-hydrogen) atoms. The molecule has 0 aliphatic carbocycles. The number of rotatable bonds is 4. The SMILES string of the molecule is CC(=O)N[C@@H](Cc1cccc(O)c1)C(=O)O. The van der Waals surface area contributed by atoms with Crippen molar-refractivity contribution >= 4 is 11.9 Å². The Morgan fingerprint density at radius 3 is 2.62 bits per heavy atom. The Morgan fingerprint density at radius 2 is 2.12 bits per heavy atom. The lowest BCUT2D eigenvalue weighted by molar-refractivity contribution is -0.141. The van der Waals surface area contributed by atoms with Crippen molar-refractivity contribution in [1.82, 2.24) is 5.32 Å². The first-order valence-corrected chi connectivity index (χ1v) is 4.77. The average Bonchev–Trinajstić information content (AvgIpc) is 2.15. The van der Waals surface area contributed by atoms with Gasteiger partial charge in [0, 0.05) is 13.3 Å². The molecule has 0 fully saturated rings. The van der Waals surface area contributed by atoms with Crippen LogP contribution in [0.5, 0.6) is 5.75 Å².